The maximum Gasteiger partial charge on any atom is 0.311 e. The van der Waals surface area contributed by atoms with Crippen LogP contribution in [0.15, 0.2) is 0 Å². The molecule has 2 atom stereocenters. The molecule has 0 aliphatic carbocycles. The summed E-state index contributed by atoms with van der Waals surface area (Å²) in [5, 5.41) is 19.9. The van der Waals surface area contributed by atoms with Crippen LogP contribution in [0.5, 0.6) is 0 Å². The number of nitrogens with two attached hydrogens (primary N) is 2. The average molecular weight is 555 g/mol. The fraction of sp³-hybridized carbons (Fsp3) is 1.00. The number of hydrogen-bond donors (Lipinski definition) is 4. The lowest BCUT2D eigenvalue weighted by molar-refractivity contribution is 0.0315. The largest absolute Gasteiger partial charge is 0.437 e. The minimum Gasteiger partial charge on any atom is -0.437 e. The van der Waals surface area contributed by atoms with Gasteiger partial charge in [0, 0.05) is 13.2 Å². The third-order valence-corrected chi connectivity index (χ3v) is 17.3. The number of unbranched alkanes of at least 4 members (excludes halogenated alkanes) is 2. The average Bonchev–Trinajstić information content (AvgIpc) is 2.71. The second-order valence-electron chi connectivity index (χ2n) is 11.4. The summed E-state index contributed by atoms with van der Waals surface area (Å²) in [6.45, 7) is 16.8. The van der Waals surface area contributed by atoms with Gasteiger partial charge in [0.2, 0.25) is 0 Å². The van der Waals surface area contributed by atoms with E-state index in [-0.39, 0.29) is 0 Å². The minimum atomic E-state index is -2.24. The molecule has 0 radical (unpaired) electrons. The Hall–Kier alpha value is 0.331. The monoisotopic (exact) mass is 554 g/mol. The summed E-state index contributed by atoms with van der Waals surface area (Å²) >= 11 is 0. The lowest BCUT2D eigenvalue weighted by atomic mass is 10.1. The summed E-state index contributed by atoms with van der Waals surface area (Å²) in [6, 6.07) is 2.03. The van der Waals surface area contributed by atoms with Crippen LogP contribution in [0.2, 0.25) is 51.4 Å². The topological polar surface area (TPSA) is 129 Å². The van der Waals surface area contributed by atoms with Crippen molar-refractivity contribution >= 4 is 25.2 Å². The third-order valence-electron chi connectivity index (χ3n) is 5.78. The van der Waals surface area contributed by atoms with Gasteiger partial charge in [-0.25, -0.2) is 0 Å². The number of aliphatic hydroxyl groups is 2. The van der Waals surface area contributed by atoms with Gasteiger partial charge in [0.25, 0.3) is 0 Å². The molecule has 2 unspecified atom stereocenters. The van der Waals surface area contributed by atoms with Gasteiger partial charge in [-0.3, -0.25) is 0 Å². The number of aliphatic hydroxyl groups excluding tert-OH is 2. The lowest BCUT2D eigenvalue weighted by Crippen LogP contribution is -2.52. The zero-order valence-corrected chi connectivity index (χ0v) is 26.7. The van der Waals surface area contributed by atoms with E-state index in [0.717, 1.165) is 63.5 Å². The maximum absolute atomic E-state index is 9.94. The molecule has 0 fully saturated rings. The van der Waals surface area contributed by atoms with E-state index in [0.29, 0.717) is 39.5 Å². The van der Waals surface area contributed by atoms with Crippen LogP contribution in [0.3, 0.4) is 0 Å². The van der Waals surface area contributed by atoms with Crippen LogP contribution in [0, 0.1) is 0 Å². The minimum absolute atomic E-state index is 0.396. The van der Waals surface area contributed by atoms with Crippen molar-refractivity contribution in [2.45, 2.75) is 115 Å². The summed E-state index contributed by atoms with van der Waals surface area (Å²) in [7, 11) is -5.98. The molecule has 0 saturated heterocycles. The zero-order chi connectivity index (χ0) is 26.8. The molecule has 6 N–H and O–H groups in total. The van der Waals surface area contributed by atoms with Gasteiger partial charge in [-0.15, -0.1) is 0 Å². The Kier molecular flexibility index (Phi) is 19.6. The second-order valence-corrected chi connectivity index (χ2v) is 23.8. The van der Waals surface area contributed by atoms with Gasteiger partial charge in [0.15, 0.2) is 16.6 Å². The molecule has 0 spiro atoms. The summed E-state index contributed by atoms with van der Waals surface area (Å²) in [4.78, 5) is 0. The van der Waals surface area contributed by atoms with E-state index in [9.17, 15) is 10.2 Å². The summed E-state index contributed by atoms with van der Waals surface area (Å²) in [5.41, 5.74) is 11.0. The molecular formula is C24H58N2O6Si3. The van der Waals surface area contributed by atoms with Crippen molar-refractivity contribution in [3.8, 4) is 0 Å². The molecule has 0 saturated carbocycles. The first-order valence-electron chi connectivity index (χ1n) is 13.6. The number of hydrogen-bond acceptors (Lipinski definition) is 8. The SMILES string of the molecule is C[Si](C)(CCCOCC(O)CCCCN)O[Si](C)(C)O[Si](C)(C)CCCOCC(O)CCCCN. The third kappa shape index (κ3) is 22.1. The summed E-state index contributed by atoms with van der Waals surface area (Å²) < 4.78 is 24.7. The van der Waals surface area contributed by atoms with E-state index >= 15 is 0 Å². The second kappa shape index (κ2) is 19.4. The summed E-state index contributed by atoms with van der Waals surface area (Å²) in [5.74, 6) is 0. The molecule has 0 aromatic heterocycles. The molecule has 0 amide bonds. The summed E-state index contributed by atoms with van der Waals surface area (Å²) in [6.07, 6.45) is 6.37. The molecule has 8 nitrogen and oxygen atoms in total. The Balaban J connectivity index is 4.15. The first-order chi connectivity index (χ1) is 16.3. The van der Waals surface area contributed by atoms with Crippen molar-refractivity contribution in [1.82, 2.24) is 0 Å². The molecule has 212 valence electrons. The van der Waals surface area contributed by atoms with Crippen LogP contribution < -0.4 is 11.5 Å². The molecule has 0 bridgehead atoms. The van der Waals surface area contributed by atoms with Crippen LogP contribution in [0.25, 0.3) is 0 Å². The Morgan fingerprint density at radius 2 is 0.971 bits per heavy atom. The Bertz CT molecular complexity index is 474. The Labute approximate surface area is 218 Å². The van der Waals surface area contributed by atoms with Crippen LogP contribution in [-0.2, 0) is 17.7 Å². The van der Waals surface area contributed by atoms with Gasteiger partial charge in [0.05, 0.1) is 25.4 Å². The molecule has 0 heterocycles. The highest BCUT2D eigenvalue weighted by molar-refractivity contribution is 6.87. The van der Waals surface area contributed by atoms with Gasteiger partial charge < -0.3 is 39.4 Å². The van der Waals surface area contributed by atoms with Gasteiger partial charge in [0.1, 0.15) is 0 Å². The molecule has 0 aliphatic rings. The van der Waals surface area contributed by atoms with Crippen molar-refractivity contribution in [1.29, 1.82) is 0 Å². The van der Waals surface area contributed by atoms with E-state index in [4.69, 9.17) is 29.2 Å². The van der Waals surface area contributed by atoms with Crippen LogP contribution in [0.1, 0.15) is 51.4 Å². The zero-order valence-electron chi connectivity index (χ0n) is 23.7. The molecule has 0 aliphatic heterocycles. The first kappa shape index (κ1) is 35.3. The molecule has 11 heteroatoms. The van der Waals surface area contributed by atoms with Crippen LogP contribution in [0.4, 0.5) is 0 Å². The van der Waals surface area contributed by atoms with Crippen LogP contribution in [-0.4, -0.2) is 87.1 Å². The molecule has 0 rings (SSSR count). The number of rotatable bonds is 24. The van der Waals surface area contributed by atoms with Crippen molar-refractivity contribution in [2.75, 3.05) is 39.5 Å². The van der Waals surface area contributed by atoms with E-state index in [1.54, 1.807) is 0 Å². The van der Waals surface area contributed by atoms with E-state index < -0.39 is 37.4 Å². The van der Waals surface area contributed by atoms with Crippen LogP contribution >= 0.6 is 0 Å². The van der Waals surface area contributed by atoms with Gasteiger partial charge >= 0.3 is 8.56 Å². The van der Waals surface area contributed by atoms with Crippen molar-refractivity contribution in [3.05, 3.63) is 0 Å². The van der Waals surface area contributed by atoms with Gasteiger partial charge in [-0.1, -0.05) is 0 Å². The van der Waals surface area contributed by atoms with Crippen molar-refractivity contribution < 1.29 is 27.9 Å². The normalized spacial score (nSPS) is 14.9. The standard InChI is InChI=1S/C24H58N2O6Si3/c1-33(2,19-11-17-29-21-23(27)13-7-9-15-25)31-35(5,6)32-34(3,4)20-12-18-30-22-24(28)14-8-10-16-26/h23-24,27-28H,7-22,25-26H2,1-6H3. The first-order valence-corrected chi connectivity index (χ1v) is 22.7. The predicted molar refractivity (Wildman–Crippen MR) is 153 cm³/mol. The fourth-order valence-corrected chi connectivity index (χ4v) is 18.3. The Morgan fingerprint density at radius 3 is 1.31 bits per heavy atom. The highest BCUT2D eigenvalue weighted by Crippen LogP contribution is 2.26. The predicted octanol–water partition coefficient (Wildman–Crippen LogP) is 3.92. The fourth-order valence-electron chi connectivity index (χ4n) is 4.31. The quantitative estimate of drug-likeness (QED) is 0.104. The maximum atomic E-state index is 9.94. The van der Waals surface area contributed by atoms with E-state index in [1.807, 2.05) is 0 Å². The highest BCUT2D eigenvalue weighted by atomic mass is 28.5. The van der Waals surface area contributed by atoms with E-state index in [1.165, 1.54) is 0 Å². The molecule has 0 aromatic carbocycles. The molecular weight excluding hydrogens is 497 g/mol. The molecule has 0 aromatic rings. The van der Waals surface area contributed by atoms with E-state index in [2.05, 4.69) is 39.3 Å². The van der Waals surface area contributed by atoms with Gasteiger partial charge in [-0.2, -0.15) is 0 Å². The van der Waals surface area contributed by atoms with Crippen molar-refractivity contribution in [3.63, 3.8) is 0 Å². The smallest absolute Gasteiger partial charge is 0.311 e. The molecule has 35 heavy (non-hydrogen) atoms. The highest BCUT2D eigenvalue weighted by Gasteiger charge is 2.39. The van der Waals surface area contributed by atoms with Crippen molar-refractivity contribution in [2.24, 2.45) is 11.5 Å². The number of ether oxygens (including phenoxy) is 2. The van der Waals surface area contributed by atoms with Gasteiger partial charge in [-0.05, 0) is 116 Å². The Morgan fingerprint density at radius 1 is 0.600 bits per heavy atom. The lowest BCUT2D eigenvalue weighted by Gasteiger charge is -2.38.